The molecule has 4 heteroatoms. The monoisotopic (exact) mass is 283 g/mol. The molecule has 1 aromatic rings. The van der Waals surface area contributed by atoms with Gasteiger partial charge in [-0.2, -0.15) is 0 Å². The number of benzene rings is 1. The first-order valence-corrected chi connectivity index (χ1v) is 8.48. The molecule has 1 rings (SSSR count). The van der Waals surface area contributed by atoms with Gasteiger partial charge >= 0.3 is 0 Å². The van der Waals surface area contributed by atoms with Crippen LogP contribution < -0.4 is 5.32 Å². The number of nitrogens with one attached hydrogen (secondary N) is 1. The van der Waals surface area contributed by atoms with Crippen molar-refractivity contribution in [1.29, 1.82) is 0 Å². The summed E-state index contributed by atoms with van der Waals surface area (Å²) >= 11 is 0. The lowest BCUT2D eigenvalue weighted by Gasteiger charge is -2.19. The minimum absolute atomic E-state index is 0.141. The van der Waals surface area contributed by atoms with E-state index >= 15 is 0 Å². The molecule has 19 heavy (non-hydrogen) atoms. The van der Waals surface area contributed by atoms with Crippen molar-refractivity contribution in [2.45, 2.75) is 44.9 Å². The zero-order valence-corrected chi connectivity index (χ0v) is 13.3. The molecule has 0 aliphatic rings. The molecular formula is C15H25NO2S. The average Bonchev–Trinajstić information content (AvgIpc) is 2.36. The van der Waals surface area contributed by atoms with Crippen molar-refractivity contribution < 1.29 is 8.42 Å². The fourth-order valence-electron chi connectivity index (χ4n) is 1.88. The van der Waals surface area contributed by atoms with E-state index in [2.05, 4.69) is 31.3 Å². The van der Waals surface area contributed by atoms with Crippen molar-refractivity contribution in [1.82, 2.24) is 5.32 Å². The Hall–Kier alpha value is -0.870. The summed E-state index contributed by atoms with van der Waals surface area (Å²) in [6.07, 6.45) is 0. The summed E-state index contributed by atoms with van der Waals surface area (Å²) in [6.45, 7) is 7.75. The topological polar surface area (TPSA) is 46.2 Å². The molecule has 0 spiro atoms. The summed E-state index contributed by atoms with van der Waals surface area (Å²) in [5.74, 6) is 0.629. The molecule has 0 heterocycles. The van der Waals surface area contributed by atoms with Gasteiger partial charge in [0, 0.05) is 6.04 Å². The minimum Gasteiger partial charge on any atom is -0.312 e. The molecule has 0 saturated heterocycles. The van der Waals surface area contributed by atoms with Gasteiger partial charge in [-0.1, -0.05) is 38.1 Å². The molecule has 1 atom stereocenters. The number of hydrogen-bond acceptors (Lipinski definition) is 3. The van der Waals surface area contributed by atoms with Crippen LogP contribution in [-0.2, 0) is 9.84 Å². The Labute approximate surface area is 117 Å². The van der Waals surface area contributed by atoms with Crippen LogP contribution in [0.2, 0.25) is 0 Å². The Morgan fingerprint density at radius 2 is 1.47 bits per heavy atom. The van der Waals surface area contributed by atoms with Crippen molar-refractivity contribution in [3.63, 3.8) is 0 Å². The summed E-state index contributed by atoms with van der Waals surface area (Å²) in [5, 5.41) is 2.76. The highest BCUT2D eigenvalue weighted by Gasteiger charge is 2.22. The van der Waals surface area contributed by atoms with Crippen LogP contribution in [0.5, 0.6) is 0 Å². The van der Waals surface area contributed by atoms with E-state index in [0.29, 0.717) is 5.92 Å². The predicted molar refractivity (Wildman–Crippen MR) is 81.3 cm³/mol. The fourth-order valence-corrected chi connectivity index (χ4v) is 3.09. The molecule has 0 fully saturated rings. The van der Waals surface area contributed by atoms with Gasteiger partial charge in [0.2, 0.25) is 0 Å². The van der Waals surface area contributed by atoms with Crippen LogP contribution in [0.3, 0.4) is 0 Å². The second-order valence-corrected chi connectivity index (χ2v) is 8.14. The summed E-state index contributed by atoms with van der Waals surface area (Å²) in [5.41, 5.74) is 2.29. The zero-order chi connectivity index (χ0) is 14.6. The standard InChI is InChI=1S/C15H25NO2S/c1-11(2)13-6-8-14(9-7-13)15(16-5)10-19(17,18)12(3)4/h6-9,11-12,15-16H,10H2,1-5H3. The highest BCUT2D eigenvalue weighted by molar-refractivity contribution is 7.92. The Morgan fingerprint density at radius 3 is 1.84 bits per heavy atom. The van der Waals surface area contributed by atoms with Crippen LogP contribution in [-0.4, -0.2) is 26.5 Å². The molecule has 108 valence electrons. The summed E-state index contributed by atoms with van der Waals surface area (Å²) in [7, 11) is -1.24. The molecule has 0 bridgehead atoms. The first kappa shape index (κ1) is 16.2. The summed E-state index contributed by atoms with van der Waals surface area (Å²) in [6, 6.07) is 8.05. The lowest BCUT2D eigenvalue weighted by molar-refractivity contribution is 0.566. The Balaban J connectivity index is 2.92. The van der Waals surface area contributed by atoms with Gasteiger partial charge in [-0.15, -0.1) is 0 Å². The van der Waals surface area contributed by atoms with Gasteiger partial charge in [-0.25, -0.2) is 8.42 Å². The van der Waals surface area contributed by atoms with Crippen LogP contribution >= 0.6 is 0 Å². The maximum atomic E-state index is 12.0. The van der Waals surface area contributed by atoms with Gasteiger partial charge in [-0.3, -0.25) is 0 Å². The maximum absolute atomic E-state index is 12.0. The van der Waals surface area contributed by atoms with E-state index in [1.165, 1.54) is 5.56 Å². The molecular weight excluding hydrogens is 258 g/mol. The smallest absolute Gasteiger partial charge is 0.154 e. The summed E-state index contributed by atoms with van der Waals surface area (Å²) < 4.78 is 24.0. The van der Waals surface area contributed by atoms with Crippen molar-refractivity contribution in [2.75, 3.05) is 12.8 Å². The SMILES string of the molecule is CNC(CS(=O)(=O)C(C)C)c1ccc(C(C)C)cc1. The molecule has 1 unspecified atom stereocenters. The minimum atomic E-state index is -3.05. The van der Waals surface area contributed by atoms with Crippen molar-refractivity contribution in [2.24, 2.45) is 0 Å². The number of rotatable bonds is 6. The first-order valence-electron chi connectivity index (χ1n) is 6.76. The quantitative estimate of drug-likeness (QED) is 0.873. The molecule has 1 aromatic carbocycles. The van der Waals surface area contributed by atoms with Crippen LogP contribution in [0.4, 0.5) is 0 Å². The van der Waals surface area contributed by atoms with Crippen molar-refractivity contribution >= 4 is 9.84 Å². The number of hydrogen-bond donors (Lipinski definition) is 1. The van der Waals surface area contributed by atoms with Gasteiger partial charge < -0.3 is 5.32 Å². The van der Waals surface area contributed by atoms with Gasteiger partial charge in [-0.05, 0) is 37.9 Å². The lowest BCUT2D eigenvalue weighted by atomic mass is 10.00. The number of sulfone groups is 1. The van der Waals surface area contributed by atoms with E-state index < -0.39 is 9.84 Å². The second kappa shape index (κ2) is 6.53. The van der Waals surface area contributed by atoms with Gasteiger partial charge in [0.1, 0.15) is 0 Å². The average molecular weight is 283 g/mol. The molecule has 0 aliphatic heterocycles. The van der Waals surface area contributed by atoms with E-state index in [-0.39, 0.29) is 17.0 Å². The van der Waals surface area contributed by atoms with Gasteiger partial charge in [0.25, 0.3) is 0 Å². The molecule has 3 nitrogen and oxygen atoms in total. The third-order valence-electron chi connectivity index (χ3n) is 3.47. The zero-order valence-electron chi connectivity index (χ0n) is 12.5. The molecule has 0 aliphatic carbocycles. The molecule has 0 saturated carbocycles. The van der Waals surface area contributed by atoms with E-state index in [0.717, 1.165) is 5.56 Å². The van der Waals surface area contributed by atoms with Gasteiger partial charge in [0.15, 0.2) is 9.84 Å². The van der Waals surface area contributed by atoms with Crippen molar-refractivity contribution in [3.8, 4) is 0 Å². The van der Waals surface area contributed by atoms with Crippen LogP contribution in [0.1, 0.15) is 50.8 Å². The maximum Gasteiger partial charge on any atom is 0.154 e. The molecule has 0 amide bonds. The lowest BCUT2D eigenvalue weighted by Crippen LogP contribution is -2.29. The highest BCUT2D eigenvalue weighted by atomic mass is 32.2. The Morgan fingerprint density at radius 1 is 1.00 bits per heavy atom. The Bertz CT molecular complexity index is 489. The largest absolute Gasteiger partial charge is 0.312 e. The highest BCUT2D eigenvalue weighted by Crippen LogP contribution is 2.20. The van der Waals surface area contributed by atoms with Crippen LogP contribution in [0.15, 0.2) is 24.3 Å². The normalized spacial score (nSPS) is 14.1. The Kier molecular flexibility index (Phi) is 5.56. The third-order valence-corrected chi connectivity index (χ3v) is 5.71. The molecule has 0 aromatic heterocycles. The second-order valence-electron chi connectivity index (χ2n) is 5.54. The third kappa shape index (κ3) is 4.32. The molecule has 1 N–H and O–H groups in total. The van der Waals surface area contributed by atoms with Crippen molar-refractivity contribution in [3.05, 3.63) is 35.4 Å². The van der Waals surface area contributed by atoms with Gasteiger partial charge in [0.05, 0.1) is 11.0 Å². The van der Waals surface area contributed by atoms with E-state index in [9.17, 15) is 8.42 Å². The fraction of sp³-hybridized carbons (Fsp3) is 0.600. The van der Waals surface area contributed by atoms with Crippen LogP contribution in [0.25, 0.3) is 0 Å². The van der Waals surface area contributed by atoms with E-state index in [1.54, 1.807) is 20.9 Å². The first-order chi connectivity index (χ1) is 8.77. The van der Waals surface area contributed by atoms with E-state index in [1.807, 2.05) is 12.1 Å². The predicted octanol–water partition coefficient (Wildman–Crippen LogP) is 2.89. The van der Waals surface area contributed by atoms with E-state index in [4.69, 9.17) is 0 Å². The summed E-state index contributed by atoms with van der Waals surface area (Å²) in [4.78, 5) is 0. The molecule has 0 radical (unpaired) electrons. The van der Waals surface area contributed by atoms with Crippen LogP contribution in [0, 0.1) is 0 Å².